The molecule has 0 bridgehead atoms. The molecule has 8 nitrogen and oxygen atoms in total. The van der Waals surface area contributed by atoms with Crippen LogP contribution in [-0.2, 0) is 34.8 Å². The number of nitrogens with one attached hydrogen (secondary N) is 1. The molecule has 1 N–H and O–H groups in total. The van der Waals surface area contributed by atoms with Gasteiger partial charge in [0.05, 0.1) is 26.5 Å². The van der Waals surface area contributed by atoms with Crippen molar-refractivity contribution in [3.8, 4) is 5.75 Å². The third kappa shape index (κ3) is 4.16. The van der Waals surface area contributed by atoms with Crippen molar-refractivity contribution in [3.63, 3.8) is 0 Å². The highest BCUT2D eigenvalue weighted by Gasteiger charge is 2.47. The molecule has 2 aromatic heterocycles. The van der Waals surface area contributed by atoms with Crippen molar-refractivity contribution in [1.82, 2.24) is 19.8 Å². The highest BCUT2D eigenvalue weighted by Crippen LogP contribution is 2.40. The number of hydrogen-bond donors (Lipinski definition) is 1. The van der Waals surface area contributed by atoms with Gasteiger partial charge in [0.1, 0.15) is 22.9 Å². The number of carbonyl (C=O) groups is 1. The van der Waals surface area contributed by atoms with Gasteiger partial charge in [-0.05, 0) is 42.7 Å². The molecular formula is C24H28N4O4. The van der Waals surface area contributed by atoms with E-state index >= 15 is 0 Å². The summed E-state index contributed by atoms with van der Waals surface area (Å²) in [6.07, 6.45) is 6.47. The summed E-state index contributed by atoms with van der Waals surface area (Å²) >= 11 is 0. The monoisotopic (exact) mass is 436 g/mol. The number of piperidine rings is 1. The van der Waals surface area contributed by atoms with Crippen LogP contribution >= 0.6 is 0 Å². The maximum absolute atomic E-state index is 13.0. The zero-order valence-electron chi connectivity index (χ0n) is 18.2. The Hall–Kier alpha value is -3.10. The van der Waals surface area contributed by atoms with Crippen molar-refractivity contribution in [2.24, 2.45) is 0 Å². The van der Waals surface area contributed by atoms with Crippen LogP contribution < -0.4 is 10.1 Å². The molecule has 5 rings (SSSR count). The molecule has 1 spiro atoms. The Labute approximate surface area is 187 Å². The summed E-state index contributed by atoms with van der Waals surface area (Å²) in [6, 6.07) is 11.6. The molecule has 0 unspecified atom stereocenters. The minimum Gasteiger partial charge on any atom is -0.497 e. The lowest BCUT2D eigenvalue weighted by Gasteiger charge is -2.45. The molecule has 0 saturated carbocycles. The number of carbonyl (C=O) groups excluding carboxylic acids is 1. The van der Waals surface area contributed by atoms with Crippen LogP contribution in [0.5, 0.6) is 5.75 Å². The minimum atomic E-state index is -0.549. The number of ether oxygens (including phenoxy) is 2. The van der Waals surface area contributed by atoms with Crippen LogP contribution in [0.4, 0.5) is 0 Å². The van der Waals surface area contributed by atoms with Gasteiger partial charge in [-0.25, -0.2) is 4.98 Å². The smallest absolute Gasteiger partial charge is 0.251 e. The standard InChI is InChI=1S/C24H28N4O4/c1-30-19-6-4-18(5-7-19)15-26-22(29)21-17-28-13-10-25-23(28)24(32-21)8-11-27(12-9-24)16-20-3-2-14-31-20/h2-7,10,13-14,21H,8-9,11-12,15-17H2,1H3,(H,26,29)/t21-/m0/s1. The summed E-state index contributed by atoms with van der Waals surface area (Å²) < 4.78 is 19.3. The molecule has 3 aromatic rings. The number of fused-ring (bicyclic) bond motifs is 2. The van der Waals surface area contributed by atoms with Gasteiger partial charge in [0.2, 0.25) is 0 Å². The maximum atomic E-state index is 13.0. The van der Waals surface area contributed by atoms with Gasteiger partial charge in [-0.15, -0.1) is 0 Å². The lowest BCUT2D eigenvalue weighted by atomic mass is 9.88. The number of aromatic nitrogens is 2. The number of furan rings is 1. The summed E-state index contributed by atoms with van der Waals surface area (Å²) in [5.41, 5.74) is 0.475. The van der Waals surface area contributed by atoms with Crippen molar-refractivity contribution >= 4 is 5.91 Å². The van der Waals surface area contributed by atoms with Crippen LogP contribution in [0, 0.1) is 0 Å². The van der Waals surface area contributed by atoms with Gasteiger partial charge in [-0.3, -0.25) is 9.69 Å². The predicted molar refractivity (Wildman–Crippen MR) is 117 cm³/mol. The van der Waals surface area contributed by atoms with Crippen molar-refractivity contribution in [2.75, 3.05) is 20.2 Å². The summed E-state index contributed by atoms with van der Waals surface area (Å²) in [6.45, 7) is 3.41. The Balaban J connectivity index is 1.24. The number of nitrogens with zero attached hydrogens (tertiary/aromatic N) is 3. The molecule has 8 heteroatoms. The van der Waals surface area contributed by atoms with E-state index in [1.807, 2.05) is 42.6 Å². The molecule has 2 aliphatic heterocycles. The van der Waals surface area contributed by atoms with Gasteiger partial charge in [-0.1, -0.05) is 12.1 Å². The van der Waals surface area contributed by atoms with Crippen molar-refractivity contribution in [3.05, 3.63) is 72.2 Å². The van der Waals surface area contributed by atoms with Gasteiger partial charge in [0.25, 0.3) is 5.91 Å². The lowest BCUT2D eigenvalue weighted by Crippen LogP contribution is -2.53. The SMILES string of the molecule is COc1ccc(CNC(=O)[C@@H]2Cn3ccnc3C3(CCN(Cc4ccco4)CC3)O2)cc1. The van der Waals surface area contributed by atoms with Crippen molar-refractivity contribution in [1.29, 1.82) is 0 Å². The molecule has 1 fully saturated rings. The first-order valence-corrected chi connectivity index (χ1v) is 11.0. The number of imidazole rings is 1. The van der Waals surface area contributed by atoms with Gasteiger partial charge in [0, 0.05) is 32.0 Å². The Kier molecular flexibility index (Phi) is 5.71. The molecule has 1 atom stereocenters. The highest BCUT2D eigenvalue weighted by atomic mass is 16.5. The fourth-order valence-electron chi connectivity index (χ4n) is 4.62. The molecule has 4 heterocycles. The van der Waals surface area contributed by atoms with E-state index in [4.69, 9.17) is 13.9 Å². The van der Waals surface area contributed by atoms with E-state index in [0.717, 1.165) is 55.4 Å². The Morgan fingerprint density at radius 2 is 2.06 bits per heavy atom. The molecule has 0 radical (unpaired) electrons. The second-order valence-corrected chi connectivity index (χ2v) is 8.43. The van der Waals surface area contributed by atoms with Crippen molar-refractivity contribution in [2.45, 2.75) is 44.2 Å². The van der Waals surface area contributed by atoms with E-state index in [9.17, 15) is 4.79 Å². The summed E-state index contributed by atoms with van der Waals surface area (Å²) in [7, 11) is 1.64. The highest BCUT2D eigenvalue weighted by molar-refractivity contribution is 5.81. The molecule has 1 saturated heterocycles. The summed E-state index contributed by atoms with van der Waals surface area (Å²) in [5.74, 6) is 2.58. The molecule has 168 valence electrons. The fraction of sp³-hybridized carbons (Fsp3) is 0.417. The number of rotatable bonds is 6. The molecule has 2 aliphatic rings. The second kappa shape index (κ2) is 8.80. The van der Waals surface area contributed by atoms with Crippen molar-refractivity contribution < 1.29 is 18.7 Å². The number of likely N-dealkylation sites (tertiary alicyclic amines) is 1. The molecule has 32 heavy (non-hydrogen) atoms. The van der Waals surface area contributed by atoms with Crippen LogP contribution in [0.25, 0.3) is 0 Å². The Morgan fingerprint density at radius 3 is 2.78 bits per heavy atom. The van der Waals surface area contributed by atoms with Gasteiger partial charge >= 0.3 is 0 Å². The van der Waals surface area contributed by atoms with Gasteiger partial charge in [0.15, 0.2) is 6.10 Å². The number of hydrogen-bond acceptors (Lipinski definition) is 6. The normalized spacial score (nSPS) is 20.1. The quantitative estimate of drug-likeness (QED) is 0.640. The van der Waals surface area contributed by atoms with Crippen LogP contribution in [0.2, 0.25) is 0 Å². The van der Waals surface area contributed by atoms with Crippen LogP contribution in [-0.4, -0.2) is 46.7 Å². The molecular weight excluding hydrogens is 408 g/mol. The number of benzene rings is 1. The van der Waals surface area contributed by atoms with Crippen LogP contribution in [0.1, 0.15) is 30.0 Å². The largest absolute Gasteiger partial charge is 0.497 e. The van der Waals surface area contributed by atoms with Crippen LogP contribution in [0.3, 0.4) is 0 Å². The zero-order valence-corrected chi connectivity index (χ0v) is 18.2. The zero-order chi connectivity index (χ0) is 22.0. The average Bonchev–Trinajstić information content (AvgIpc) is 3.52. The van der Waals surface area contributed by atoms with E-state index < -0.39 is 11.7 Å². The molecule has 1 aromatic carbocycles. The van der Waals surface area contributed by atoms with E-state index in [1.54, 1.807) is 19.6 Å². The number of methoxy groups -OCH3 is 1. The third-order valence-electron chi connectivity index (χ3n) is 6.39. The first-order chi connectivity index (χ1) is 15.6. The number of amides is 1. The molecule has 0 aliphatic carbocycles. The van der Waals surface area contributed by atoms with E-state index in [1.165, 1.54) is 0 Å². The van der Waals surface area contributed by atoms with E-state index in [2.05, 4.69) is 19.8 Å². The summed E-state index contributed by atoms with van der Waals surface area (Å²) in [4.78, 5) is 20.0. The molecule has 1 amide bonds. The second-order valence-electron chi connectivity index (χ2n) is 8.43. The first-order valence-electron chi connectivity index (χ1n) is 11.0. The maximum Gasteiger partial charge on any atom is 0.251 e. The Bertz CT molecular complexity index is 1040. The lowest BCUT2D eigenvalue weighted by molar-refractivity contribution is -0.174. The van der Waals surface area contributed by atoms with E-state index in [0.29, 0.717) is 13.1 Å². The first kappa shape index (κ1) is 20.8. The van der Waals surface area contributed by atoms with Crippen LogP contribution in [0.15, 0.2) is 59.5 Å². The topological polar surface area (TPSA) is 81.8 Å². The van der Waals surface area contributed by atoms with Gasteiger partial charge in [-0.2, -0.15) is 0 Å². The Morgan fingerprint density at radius 1 is 1.25 bits per heavy atom. The van der Waals surface area contributed by atoms with Gasteiger partial charge < -0.3 is 23.8 Å². The fourth-order valence-corrected chi connectivity index (χ4v) is 4.62. The average molecular weight is 437 g/mol. The third-order valence-corrected chi connectivity index (χ3v) is 6.39. The minimum absolute atomic E-state index is 0.0995. The van der Waals surface area contributed by atoms with E-state index in [-0.39, 0.29) is 5.91 Å². The predicted octanol–water partition coefficient (Wildman–Crippen LogP) is 2.69. The summed E-state index contributed by atoms with van der Waals surface area (Å²) in [5, 5.41) is 3.03.